The van der Waals surface area contributed by atoms with Crippen LogP contribution in [0, 0.1) is 6.92 Å². The minimum atomic E-state index is -3.22. The van der Waals surface area contributed by atoms with Gasteiger partial charge in [-0.25, -0.2) is 8.42 Å². The first-order valence-electron chi connectivity index (χ1n) is 9.72. The molecule has 3 aliphatic rings. The largest absolute Gasteiger partial charge is 0.300 e. The zero-order chi connectivity index (χ0) is 17.7. The van der Waals surface area contributed by atoms with Gasteiger partial charge in [0, 0.05) is 18.0 Å². The third-order valence-corrected chi connectivity index (χ3v) is 7.81. The number of hydrogen-bond acceptors (Lipinski definition) is 3. The van der Waals surface area contributed by atoms with E-state index in [1.54, 1.807) is 4.31 Å². The molecule has 0 bridgehead atoms. The lowest BCUT2D eigenvalue weighted by Crippen LogP contribution is -2.49. The highest BCUT2D eigenvalue weighted by Gasteiger charge is 2.47. The Morgan fingerprint density at radius 2 is 1.76 bits per heavy atom. The Balaban J connectivity index is 1.60. The van der Waals surface area contributed by atoms with E-state index in [1.165, 1.54) is 49.5 Å². The monoisotopic (exact) mass is 362 g/mol. The van der Waals surface area contributed by atoms with Gasteiger partial charge in [-0.05, 0) is 57.3 Å². The van der Waals surface area contributed by atoms with Gasteiger partial charge in [0.2, 0.25) is 10.0 Å². The van der Waals surface area contributed by atoms with E-state index < -0.39 is 10.0 Å². The lowest BCUT2D eigenvalue weighted by atomic mass is 9.73. The summed E-state index contributed by atoms with van der Waals surface area (Å²) in [4.78, 5) is 2.68. The highest BCUT2D eigenvalue weighted by molar-refractivity contribution is 7.92. The number of aryl methyl sites for hydroxylation is 1. The SMILES string of the molecule is Cc1ccc2c(c1)C1(CCN(C3CCCCC3)CC1)CN2S(C)(=O)=O. The van der Waals surface area contributed by atoms with E-state index in [1.807, 2.05) is 12.1 Å². The number of hydrogen-bond donors (Lipinski definition) is 0. The van der Waals surface area contributed by atoms with Crippen LogP contribution in [0.25, 0.3) is 0 Å². The Kier molecular flexibility index (Phi) is 4.35. The van der Waals surface area contributed by atoms with Gasteiger partial charge in [-0.15, -0.1) is 0 Å². The Labute approximate surface area is 152 Å². The van der Waals surface area contributed by atoms with Crippen molar-refractivity contribution in [2.45, 2.75) is 63.3 Å². The molecule has 1 aromatic carbocycles. The number of sulfonamides is 1. The van der Waals surface area contributed by atoms with E-state index in [-0.39, 0.29) is 5.41 Å². The Morgan fingerprint density at radius 3 is 2.40 bits per heavy atom. The first-order valence-corrected chi connectivity index (χ1v) is 11.6. The molecule has 25 heavy (non-hydrogen) atoms. The number of likely N-dealkylation sites (tertiary alicyclic amines) is 1. The van der Waals surface area contributed by atoms with Gasteiger partial charge >= 0.3 is 0 Å². The minimum absolute atomic E-state index is 0.00952. The summed E-state index contributed by atoms with van der Waals surface area (Å²) in [6.07, 6.45) is 10.3. The van der Waals surface area contributed by atoms with Gasteiger partial charge in [-0.1, -0.05) is 37.0 Å². The van der Waals surface area contributed by atoms with Gasteiger partial charge in [0.05, 0.1) is 11.9 Å². The maximum Gasteiger partial charge on any atom is 0.232 e. The Hall–Kier alpha value is -1.07. The van der Waals surface area contributed by atoms with Crippen LogP contribution in [0.5, 0.6) is 0 Å². The molecule has 4 rings (SSSR count). The summed E-state index contributed by atoms with van der Waals surface area (Å²) in [5.41, 5.74) is 3.42. The second kappa shape index (κ2) is 6.27. The smallest absolute Gasteiger partial charge is 0.232 e. The molecular weight excluding hydrogens is 332 g/mol. The Bertz CT molecular complexity index is 745. The highest BCUT2D eigenvalue weighted by Crippen LogP contribution is 2.48. The van der Waals surface area contributed by atoms with Crippen LogP contribution in [0.3, 0.4) is 0 Å². The fraction of sp³-hybridized carbons (Fsp3) is 0.700. The van der Waals surface area contributed by atoms with Gasteiger partial charge in [-0.2, -0.15) is 0 Å². The topological polar surface area (TPSA) is 40.6 Å². The van der Waals surface area contributed by atoms with Crippen molar-refractivity contribution in [2.24, 2.45) is 0 Å². The summed E-state index contributed by atoms with van der Waals surface area (Å²) >= 11 is 0. The van der Waals surface area contributed by atoms with Crippen LogP contribution in [0.15, 0.2) is 18.2 Å². The molecule has 4 nitrogen and oxygen atoms in total. The summed E-state index contributed by atoms with van der Waals surface area (Å²) < 4.78 is 26.3. The van der Waals surface area contributed by atoms with Crippen molar-refractivity contribution in [2.75, 3.05) is 30.2 Å². The fourth-order valence-electron chi connectivity index (χ4n) is 5.22. The average Bonchev–Trinajstić information content (AvgIpc) is 2.91. The molecule has 0 atom stereocenters. The number of rotatable bonds is 2. The molecule has 0 unspecified atom stereocenters. The zero-order valence-corrected chi connectivity index (χ0v) is 16.3. The fourth-order valence-corrected chi connectivity index (χ4v) is 6.22. The summed E-state index contributed by atoms with van der Waals surface area (Å²) in [5.74, 6) is 0. The number of fused-ring (bicyclic) bond motifs is 2. The van der Waals surface area contributed by atoms with Gasteiger partial charge in [-0.3, -0.25) is 4.31 Å². The number of benzene rings is 1. The lowest BCUT2D eigenvalue weighted by Gasteiger charge is -2.44. The van der Waals surface area contributed by atoms with E-state index in [9.17, 15) is 8.42 Å². The van der Waals surface area contributed by atoms with Crippen molar-refractivity contribution < 1.29 is 8.42 Å². The number of piperidine rings is 1. The van der Waals surface area contributed by atoms with Crippen LogP contribution in [-0.2, 0) is 15.4 Å². The first kappa shape index (κ1) is 17.3. The van der Waals surface area contributed by atoms with Crippen molar-refractivity contribution in [1.82, 2.24) is 4.90 Å². The van der Waals surface area contributed by atoms with E-state index in [4.69, 9.17) is 0 Å². The van der Waals surface area contributed by atoms with Crippen molar-refractivity contribution in [3.05, 3.63) is 29.3 Å². The first-order chi connectivity index (χ1) is 11.9. The number of anilines is 1. The third kappa shape index (κ3) is 3.10. The molecule has 1 aliphatic carbocycles. The molecule has 0 aromatic heterocycles. The number of nitrogens with zero attached hydrogens (tertiary/aromatic N) is 2. The molecule has 2 fully saturated rings. The van der Waals surface area contributed by atoms with Gasteiger partial charge < -0.3 is 4.90 Å². The molecule has 2 heterocycles. The molecule has 0 radical (unpaired) electrons. The molecule has 0 N–H and O–H groups in total. The quantitative estimate of drug-likeness (QED) is 0.809. The van der Waals surface area contributed by atoms with Gasteiger partial charge in [0.1, 0.15) is 0 Å². The maximum absolute atomic E-state index is 12.3. The van der Waals surface area contributed by atoms with Gasteiger partial charge in [0.15, 0.2) is 0 Å². The summed E-state index contributed by atoms with van der Waals surface area (Å²) in [7, 11) is -3.22. The van der Waals surface area contributed by atoms with Crippen LogP contribution >= 0.6 is 0 Å². The molecule has 1 spiro atoms. The predicted molar refractivity (Wildman–Crippen MR) is 103 cm³/mol. The van der Waals surface area contributed by atoms with E-state index in [2.05, 4.69) is 17.9 Å². The lowest BCUT2D eigenvalue weighted by molar-refractivity contribution is 0.0976. The summed E-state index contributed by atoms with van der Waals surface area (Å²) in [6, 6.07) is 7.04. The Morgan fingerprint density at radius 1 is 1.08 bits per heavy atom. The summed E-state index contributed by atoms with van der Waals surface area (Å²) in [5, 5.41) is 0. The molecule has 2 aliphatic heterocycles. The molecule has 1 aromatic rings. The second-order valence-electron chi connectivity index (χ2n) is 8.40. The highest BCUT2D eigenvalue weighted by atomic mass is 32.2. The van der Waals surface area contributed by atoms with Crippen LogP contribution in [-0.4, -0.2) is 45.2 Å². The second-order valence-corrected chi connectivity index (χ2v) is 10.3. The van der Waals surface area contributed by atoms with E-state index >= 15 is 0 Å². The molecule has 138 valence electrons. The normalized spacial score (nSPS) is 24.6. The average molecular weight is 363 g/mol. The van der Waals surface area contributed by atoms with E-state index in [0.29, 0.717) is 6.54 Å². The molecular formula is C20H30N2O2S. The van der Waals surface area contributed by atoms with Crippen molar-refractivity contribution in [1.29, 1.82) is 0 Å². The van der Waals surface area contributed by atoms with Crippen LogP contribution in [0.1, 0.15) is 56.1 Å². The third-order valence-electron chi connectivity index (χ3n) is 6.68. The molecule has 1 saturated heterocycles. The molecule has 0 amide bonds. The zero-order valence-electron chi connectivity index (χ0n) is 15.5. The minimum Gasteiger partial charge on any atom is -0.300 e. The van der Waals surface area contributed by atoms with Crippen LogP contribution < -0.4 is 4.31 Å². The van der Waals surface area contributed by atoms with Crippen LogP contribution in [0.4, 0.5) is 5.69 Å². The molecule has 5 heteroatoms. The van der Waals surface area contributed by atoms with Crippen molar-refractivity contribution in [3.63, 3.8) is 0 Å². The van der Waals surface area contributed by atoms with Gasteiger partial charge in [0.25, 0.3) is 0 Å². The maximum atomic E-state index is 12.3. The summed E-state index contributed by atoms with van der Waals surface area (Å²) in [6.45, 7) is 4.95. The van der Waals surface area contributed by atoms with E-state index in [0.717, 1.165) is 37.7 Å². The van der Waals surface area contributed by atoms with Crippen molar-refractivity contribution in [3.8, 4) is 0 Å². The predicted octanol–water partition coefficient (Wildman–Crippen LogP) is 3.44. The van der Waals surface area contributed by atoms with Crippen LogP contribution in [0.2, 0.25) is 0 Å². The standard InChI is InChI=1S/C20H30N2O2S/c1-16-8-9-19-18(14-16)20(15-22(19)25(2,23)24)10-12-21(13-11-20)17-6-4-3-5-7-17/h8-9,14,17H,3-7,10-13,15H2,1-2H3. The van der Waals surface area contributed by atoms with Crippen molar-refractivity contribution >= 4 is 15.7 Å². The molecule has 1 saturated carbocycles.